The lowest BCUT2D eigenvalue weighted by Gasteiger charge is -2.13. The fraction of sp³-hybridized carbons (Fsp3) is 0.250. The van der Waals surface area contributed by atoms with Gasteiger partial charge in [0.25, 0.3) is 0 Å². The molecule has 6 nitrogen and oxygen atoms in total. The van der Waals surface area contributed by atoms with Crippen molar-refractivity contribution in [3.63, 3.8) is 0 Å². The number of anilines is 4. The standard InChI is InChI=1S/C12H14Cl2N6/c1-15-10-17-11(19-12(18-10)20(2)3)16-9-5-4-7(13)6-8(9)14/h4-6H,1-3H3,(H2,15,16,17,18,19). The third kappa shape index (κ3) is 3.40. The first kappa shape index (κ1) is 14.6. The molecular formula is C12H14Cl2N6. The van der Waals surface area contributed by atoms with Crippen LogP contribution in [0.2, 0.25) is 10.0 Å². The van der Waals surface area contributed by atoms with Gasteiger partial charge < -0.3 is 15.5 Å². The molecule has 1 aromatic heterocycles. The normalized spacial score (nSPS) is 10.2. The maximum absolute atomic E-state index is 6.11. The van der Waals surface area contributed by atoms with Crippen LogP contribution < -0.4 is 15.5 Å². The van der Waals surface area contributed by atoms with E-state index in [1.165, 1.54) is 0 Å². The van der Waals surface area contributed by atoms with E-state index in [0.29, 0.717) is 33.6 Å². The maximum atomic E-state index is 6.11. The van der Waals surface area contributed by atoms with Crippen LogP contribution in [0.4, 0.5) is 23.5 Å². The van der Waals surface area contributed by atoms with E-state index >= 15 is 0 Å². The Morgan fingerprint density at radius 2 is 1.75 bits per heavy atom. The molecule has 0 aliphatic heterocycles. The molecule has 2 aromatic rings. The smallest absolute Gasteiger partial charge is 0.233 e. The Morgan fingerprint density at radius 3 is 2.35 bits per heavy atom. The zero-order valence-corrected chi connectivity index (χ0v) is 12.8. The molecule has 0 amide bonds. The average molecular weight is 313 g/mol. The van der Waals surface area contributed by atoms with E-state index in [1.807, 2.05) is 14.1 Å². The maximum Gasteiger partial charge on any atom is 0.233 e. The van der Waals surface area contributed by atoms with E-state index in [1.54, 1.807) is 30.1 Å². The van der Waals surface area contributed by atoms with Gasteiger partial charge in [0, 0.05) is 26.2 Å². The minimum atomic E-state index is 0.400. The summed E-state index contributed by atoms with van der Waals surface area (Å²) in [6.45, 7) is 0. The van der Waals surface area contributed by atoms with E-state index in [4.69, 9.17) is 23.2 Å². The average Bonchev–Trinajstić information content (AvgIpc) is 2.41. The van der Waals surface area contributed by atoms with Gasteiger partial charge in [-0.3, -0.25) is 0 Å². The molecular weight excluding hydrogens is 299 g/mol. The van der Waals surface area contributed by atoms with Gasteiger partial charge in [-0.1, -0.05) is 23.2 Å². The molecule has 1 aromatic carbocycles. The highest BCUT2D eigenvalue weighted by Crippen LogP contribution is 2.27. The predicted octanol–water partition coefficient (Wildman–Crippen LogP) is 3.03. The summed E-state index contributed by atoms with van der Waals surface area (Å²) in [5, 5.41) is 7.01. The third-order valence-corrected chi connectivity index (χ3v) is 2.97. The van der Waals surface area contributed by atoms with Gasteiger partial charge in [0.15, 0.2) is 0 Å². The van der Waals surface area contributed by atoms with Crippen molar-refractivity contribution in [3.8, 4) is 0 Å². The first-order valence-corrected chi connectivity index (χ1v) is 6.58. The minimum absolute atomic E-state index is 0.400. The van der Waals surface area contributed by atoms with Gasteiger partial charge in [-0.25, -0.2) is 0 Å². The second-order valence-corrected chi connectivity index (χ2v) is 5.02. The molecule has 106 valence electrons. The predicted molar refractivity (Wildman–Crippen MR) is 83.4 cm³/mol. The number of aromatic nitrogens is 3. The zero-order valence-electron chi connectivity index (χ0n) is 11.3. The Bertz CT molecular complexity index is 617. The first-order valence-electron chi connectivity index (χ1n) is 5.83. The van der Waals surface area contributed by atoms with Crippen LogP contribution in [-0.2, 0) is 0 Å². The second-order valence-electron chi connectivity index (χ2n) is 4.18. The van der Waals surface area contributed by atoms with Gasteiger partial charge in [-0.2, -0.15) is 15.0 Å². The van der Waals surface area contributed by atoms with Crippen molar-refractivity contribution >= 4 is 46.7 Å². The molecule has 0 fully saturated rings. The Morgan fingerprint density at radius 1 is 1.05 bits per heavy atom. The Hall–Kier alpha value is -1.79. The van der Waals surface area contributed by atoms with Crippen LogP contribution in [0.15, 0.2) is 18.2 Å². The van der Waals surface area contributed by atoms with Crippen molar-refractivity contribution in [1.82, 2.24) is 15.0 Å². The van der Waals surface area contributed by atoms with Gasteiger partial charge in [0.2, 0.25) is 17.8 Å². The summed E-state index contributed by atoms with van der Waals surface area (Å²) in [6.07, 6.45) is 0. The summed E-state index contributed by atoms with van der Waals surface area (Å²) < 4.78 is 0. The molecule has 20 heavy (non-hydrogen) atoms. The quantitative estimate of drug-likeness (QED) is 0.904. The second kappa shape index (κ2) is 6.11. The Balaban J connectivity index is 2.34. The van der Waals surface area contributed by atoms with Crippen molar-refractivity contribution < 1.29 is 0 Å². The summed E-state index contributed by atoms with van der Waals surface area (Å²) in [6, 6.07) is 5.16. The Labute approximate surface area is 127 Å². The fourth-order valence-electron chi connectivity index (χ4n) is 1.44. The molecule has 0 aliphatic carbocycles. The summed E-state index contributed by atoms with van der Waals surface area (Å²) in [5.74, 6) is 1.41. The highest BCUT2D eigenvalue weighted by atomic mass is 35.5. The third-order valence-electron chi connectivity index (χ3n) is 2.42. The van der Waals surface area contributed by atoms with Gasteiger partial charge in [-0.05, 0) is 18.2 Å². The minimum Gasteiger partial charge on any atom is -0.357 e. The highest BCUT2D eigenvalue weighted by molar-refractivity contribution is 6.36. The molecule has 2 rings (SSSR count). The molecule has 1 heterocycles. The molecule has 0 saturated heterocycles. The molecule has 0 saturated carbocycles. The lowest BCUT2D eigenvalue weighted by molar-refractivity contribution is 0.963. The number of nitrogens with zero attached hydrogens (tertiary/aromatic N) is 4. The number of hydrogen-bond donors (Lipinski definition) is 2. The molecule has 0 unspecified atom stereocenters. The molecule has 8 heteroatoms. The summed E-state index contributed by atoms with van der Waals surface area (Å²) in [7, 11) is 5.45. The van der Waals surface area contributed by atoms with Crippen LogP contribution in [0.25, 0.3) is 0 Å². The van der Waals surface area contributed by atoms with Crippen LogP contribution in [-0.4, -0.2) is 36.1 Å². The van der Waals surface area contributed by atoms with Gasteiger partial charge in [-0.15, -0.1) is 0 Å². The van der Waals surface area contributed by atoms with Gasteiger partial charge in [0.1, 0.15) is 0 Å². The SMILES string of the molecule is CNc1nc(Nc2ccc(Cl)cc2Cl)nc(N(C)C)n1. The van der Waals surface area contributed by atoms with Gasteiger partial charge >= 0.3 is 0 Å². The lowest BCUT2D eigenvalue weighted by Crippen LogP contribution is -2.15. The monoisotopic (exact) mass is 312 g/mol. The fourth-order valence-corrected chi connectivity index (χ4v) is 1.90. The van der Waals surface area contributed by atoms with Crippen LogP contribution in [0, 0.1) is 0 Å². The summed E-state index contributed by atoms with van der Waals surface area (Å²) >= 11 is 12.0. The molecule has 0 spiro atoms. The van der Waals surface area contributed by atoms with E-state index in [9.17, 15) is 0 Å². The van der Waals surface area contributed by atoms with E-state index in [-0.39, 0.29) is 0 Å². The number of rotatable bonds is 4. The number of nitrogens with one attached hydrogen (secondary N) is 2. The number of benzene rings is 1. The van der Waals surface area contributed by atoms with E-state index in [2.05, 4.69) is 25.6 Å². The van der Waals surface area contributed by atoms with Crippen molar-refractivity contribution in [2.24, 2.45) is 0 Å². The van der Waals surface area contributed by atoms with Gasteiger partial charge in [0.05, 0.1) is 10.7 Å². The largest absolute Gasteiger partial charge is 0.357 e. The van der Waals surface area contributed by atoms with Crippen LogP contribution in [0.1, 0.15) is 0 Å². The van der Waals surface area contributed by atoms with E-state index in [0.717, 1.165) is 0 Å². The number of halogens is 2. The lowest BCUT2D eigenvalue weighted by atomic mass is 10.3. The summed E-state index contributed by atoms with van der Waals surface area (Å²) in [4.78, 5) is 14.5. The summed E-state index contributed by atoms with van der Waals surface area (Å²) in [5.41, 5.74) is 0.675. The highest BCUT2D eigenvalue weighted by Gasteiger charge is 2.09. The Kier molecular flexibility index (Phi) is 4.46. The topological polar surface area (TPSA) is 66.0 Å². The van der Waals surface area contributed by atoms with Crippen LogP contribution in [0.5, 0.6) is 0 Å². The van der Waals surface area contributed by atoms with Crippen molar-refractivity contribution in [1.29, 1.82) is 0 Å². The van der Waals surface area contributed by atoms with Crippen LogP contribution >= 0.6 is 23.2 Å². The van der Waals surface area contributed by atoms with Crippen molar-refractivity contribution in [3.05, 3.63) is 28.2 Å². The molecule has 2 N–H and O–H groups in total. The molecule has 0 aliphatic rings. The molecule has 0 atom stereocenters. The van der Waals surface area contributed by atoms with Crippen molar-refractivity contribution in [2.45, 2.75) is 0 Å². The first-order chi connectivity index (χ1) is 9.49. The van der Waals surface area contributed by atoms with Crippen LogP contribution in [0.3, 0.4) is 0 Å². The number of hydrogen-bond acceptors (Lipinski definition) is 6. The zero-order chi connectivity index (χ0) is 14.7. The van der Waals surface area contributed by atoms with Crippen molar-refractivity contribution in [2.75, 3.05) is 36.7 Å². The van der Waals surface area contributed by atoms with E-state index < -0.39 is 0 Å². The molecule has 0 radical (unpaired) electrons. The molecule has 0 bridgehead atoms.